The van der Waals surface area contributed by atoms with Gasteiger partial charge < -0.3 is 5.73 Å². The fourth-order valence-corrected chi connectivity index (χ4v) is 1.05. The van der Waals surface area contributed by atoms with Crippen molar-refractivity contribution in [3.05, 3.63) is 33.6 Å². The van der Waals surface area contributed by atoms with Crippen molar-refractivity contribution >= 4 is 11.4 Å². The number of nitrogens with zero attached hydrogens (tertiary/aromatic N) is 1. The molecular formula is C7H4F4N2O2. The summed E-state index contributed by atoms with van der Waals surface area (Å²) in [4.78, 5) is 8.94. The van der Waals surface area contributed by atoms with Gasteiger partial charge in [-0.05, 0) is 12.1 Å². The highest BCUT2D eigenvalue weighted by molar-refractivity contribution is 5.63. The van der Waals surface area contributed by atoms with Gasteiger partial charge in [-0.2, -0.15) is 13.2 Å². The minimum absolute atomic E-state index is 0.436. The van der Waals surface area contributed by atoms with Crippen LogP contribution in [0.25, 0.3) is 0 Å². The van der Waals surface area contributed by atoms with Crippen LogP contribution in [-0.2, 0) is 6.18 Å². The molecule has 1 rings (SSSR count). The van der Waals surface area contributed by atoms with Crippen LogP contribution in [-0.4, -0.2) is 4.92 Å². The number of nitro groups is 1. The zero-order valence-electron chi connectivity index (χ0n) is 7.01. The van der Waals surface area contributed by atoms with Gasteiger partial charge in [0.2, 0.25) is 0 Å². The lowest BCUT2D eigenvalue weighted by atomic mass is 10.1. The van der Waals surface area contributed by atoms with Crippen molar-refractivity contribution in [3.8, 4) is 0 Å². The number of rotatable bonds is 1. The maximum Gasteiger partial charge on any atom is 0.425 e. The van der Waals surface area contributed by atoms with E-state index in [4.69, 9.17) is 5.73 Å². The molecule has 15 heavy (non-hydrogen) atoms. The molecule has 8 heteroatoms. The summed E-state index contributed by atoms with van der Waals surface area (Å²) in [5.74, 6) is -1.72. The van der Waals surface area contributed by atoms with Gasteiger partial charge in [0.05, 0.1) is 4.92 Å². The summed E-state index contributed by atoms with van der Waals surface area (Å²) < 4.78 is 49.6. The molecule has 1 aromatic carbocycles. The van der Waals surface area contributed by atoms with E-state index in [2.05, 4.69) is 0 Å². The van der Waals surface area contributed by atoms with E-state index in [-0.39, 0.29) is 0 Å². The van der Waals surface area contributed by atoms with Crippen molar-refractivity contribution in [3.63, 3.8) is 0 Å². The Hall–Kier alpha value is -1.86. The van der Waals surface area contributed by atoms with Crippen LogP contribution >= 0.6 is 0 Å². The second kappa shape index (κ2) is 3.37. The molecule has 0 amide bonds. The van der Waals surface area contributed by atoms with Crippen LogP contribution in [0.15, 0.2) is 12.1 Å². The number of halogens is 4. The molecule has 0 aromatic heterocycles. The first-order chi connectivity index (χ1) is 6.75. The average molecular weight is 224 g/mol. The predicted octanol–water partition coefficient (Wildman–Crippen LogP) is 2.33. The number of nitrogens with two attached hydrogens (primary N) is 1. The van der Waals surface area contributed by atoms with E-state index in [0.29, 0.717) is 12.1 Å². The largest absolute Gasteiger partial charge is 0.425 e. The van der Waals surface area contributed by atoms with E-state index in [1.165, 1.54) is 0 Å². The summed E-state index contributed by atoms with van der Waals surface area (Å²) in [6, 6.07) is 1.15. The van der Waals surface area contributed by atoms with Gasteiger partial charge in [0.25, 0.3) is 0 Å². The molecule has 0 aliphatic rings. The lowest BCUT2D eigenvalue weighted by Crippen LogP contribution is -2.13. The minimum atomic E-state index is -5.15. The minimum Gasteiger partial charge on any atom is -0.393 e. The van der Waals surface area contributed by atoms with Crippen LogP contribution in [0, 0.1) is 15.9 Å². The number of anilines is 1. The number of alkyl halides is 3. The molecule has 0 saturated carbocycles. The molecule has 0 aliphatic carbocycles. The molecule has 0 spiro atoms. The van der Waals surface area contributed by atoms with E-state index < -0.39 is 33.9 Å². The molecule has 2 N–H and O–H groups in total. The molecular weight excluding hydrogens is 220 g/mol. The van der Waals surface area contributed by atoms with Gasteiger partial charge in [0.1, 0.15) is 11.5 Å². The Balaban J connectivity index is 3.60. The van der Waals surface area contributed by atoms with Gasteiger partial charge in [0.15, 0.2) is 5.56 Å². The topological polar surface area (TPSA) is 69.2 Å². The molecule has 1 aromatic rings. The standard InChI is InChI=1S/C7H4F4N2O2/c8-3-1-2-4(12)6(13(14)15)5(3)7(9,10)11/h1-2H,12H2. The summed E-state index contributed by atoms with van der Waals surface area (Å²) >= 11 is 0. The van der Waals surface area contributed by atoms with E-state index in [0.717, 1.165) is 0 Å². The normalized spacial score (nSPS) is 11.5. The highest BCUT2D eigenvalue weighted by atomic mass is 19.4. The van der Waals surface area contributed by atoms with Crippen molar-refractivity contribution in [2.75, 3.05) is 5.73 Å². The third-order valence-electron chi connectivity index (χ3n) is 1.62. The number of benzene rings is 1. The number of hydrogen-bond acceptors (Lipinski definition) is 3. The van der Waals surface area contributed by atoms with Crippen LogP contribution in [0.5, 0.6) is 0 Å². The van der Waals surface area contributed by atoms with E-state index >= 15 is 0 Å². The Kier molecular flexibility index (Phi) is 2.52. The summed E-state index contributed by atoms with van der Waals surface area (Å²) in [6.07, 6.45) is -5.15. The van der Waals surface area contributed by atoms with Gasteiger partial charge in [-0.15, -0.1) is 0 Å². The molecule has 0 radical (unpaired) electrons. The molecule has 0 saturated heterocycles. The first kappa shape index (κ1) is 11.2. The van der Waals surface area contributed by atoms with E-state index in [9.17, 15) is 27.7 Å². The molecule has 0 unspecified atom stereocenters. The fraction of sp³-hybridized carbons (Fsp3) is 0.143. The second-order valence-corrected chi connectivity index (χ2v) is 2.62. The summed E-state index contributed by atoms with van der Waals surface area (Å²) in [5, 5.41) is 10.3. The maximum atomic E-state index is 12.8. The zero-order chi connectivity index (χ0) is 11.8. The van der Waals surface area contributed by atoms with Gasteiger partial charge >= 0.3 is 11.9 Å². The van der Waals surface area contributed by atoms with E-state index in [1.807, 2.05) is 0 Å². The molecule has 0 heterocycles. The summed E-state index contributed by atoms with van der Waals surface area (Å²) in [5.41, 5.74) is 0.844. The molecule has 0 bridgehead atoms. The second-order valence-electron chi connectivity index (χ2n) is 2.62. The highest BCUT2D eigenvalue weighted by Gasteiger charge is 2.42. The average Bonchev–Trinajstić information content (AvgIpc) is 2.05. The highest BCUT2D eigenvalue weighted by Crippen LogP contribution is 2.40. The first-order valence-electron chi connectivity index (χ1n) is 3.54. The van der Waals surface area contributed by atoms with Crippen LogP contribution < -0.4 is 5.73 Å². The van der Waals surface area contributed by atoms with Crippen LogP contribution in [0.4, 0.5) is 28.9 Å². The Morgan fingerprint density at radius 3 is 2.20 bits per heavy atom. The van der Waals surface area contributed by atoms with Gasteiger partial charge in [-0.1, -0.05) is 0 Å². The van der Waals surface area contributed by atoms with Gasteiger partial charge in [0, 0.05) is 0 Å². The Labute approximate surface area is 80.5 Å². The molecule has 0 atom stereocenters. The van der Waals surface area contributed by atoms with Crippen molar-refractivity contribution in [1.82, 2.24) is 0 Å². The fourth-order valence-electron chi connectivity index (χ4n) is 1.05. The van der Waals surface area contributed by atoms with Gasteiger partial charge in [-0.3, -0.25) is 10.1 Å². The monoisotopic (exact) mass is 224 g/mol. The summed E-state index contributed by atoms with van der Waals surface area (Å²) in [7, 11) is 0. The SMILES string of the molecule is Nc1ccc(F)c(C(F)(F)F)c1[N+](=O)[O-]. The third kappa shape index (κ3) is 1.97. The van der Waals surface area contributed by atoms with Crippen molar-refractivity contribution in [2.24, 2.45) is 0 Å². The first-order valence-corrected chi connectivity index (χ1v) is 3.54. The van der Waals surface area contributed by atoms with Crippen LogP contribution in [0.1, 0.15) is 5.56 Å². The molecule has 0 fully saturated rings. The van der Waals surface area contributed by atoms with Crippen LogP contribution in [0.3, 0.4) is 0 Å². The Morgan fingerprint density at radius 1 is 1.33 bits per heavy atom. The van der Waals surface area contributed by atoms with Gasteiger partial charge in [-0.25, -0.2) is 4.39 Å². The lowest BCUT2D eigenvalue weighted by Gasteiger charge is -2.09. The quantitative estimate of drug-likeness (QED) is 0.344. The predicted molar refractivity (Wildman–Crippen MR) is 42.5 cm³/mol. The zero-order valence-corrected chi connectivity index (χ0v) is 7.01. The van der Waals surface area contributed by atoms with Crippen LogP contribution in [0.2, 0.25) is 0 Å². The van der Waals surface area contributed by atoms with Crippen molar-refractivity contribution in [1.29, 1.82) is 0 Å². The Morgan fingerprint density at radius 2 is 1.87 bits per heavy atom. The number of nitrogen functional groups attached to an aromatic ring is 1. The number of hydrogen-bond donors (Lipinski definition) is 1. The number of nitro benzene ring substituents is 1. The molecule has 4 nitrogen and oxygen atoms in total. The maximum absolute atomic E-state index is 12.8. The summed E-state index contributed by atoms with van der Waals surface area (Å²) in [6.45, 7) is 0. The smallest absolute Gasteiger partial charge is 0.393 e. The molecule has 82 valence electrons. The lowest BCUT2D eigenvalue weighted by molar-refractivity contribution is -0.387. The molecule has 0 aliphatic heterocycles. The van der Waals surface area contributed by atoms with Crippen molar-refractivity contribution < 1.29 is 22.5 Å². The third-order valence-corrected chi connectivity index (χ3v) is 1.62. The van der Waals surface area contributed by atoms with Crippen molar-refractivity contribution in [2.45, 2.75) is 6.18 Å². The van der Waals surface area contributed by atoms with E-state index in [1.54, 1.807) is 0 Å². The Bertz CT molecular complexity index is 416.